The summed E-state index contributed by atoms with van der Waals surface area (Å²) in [7, 11) is 0. The Morgan fingerprint density at radius 1 is 1.04 bits per heavy atom. The summed E-state index contributed by atoms with van der Waals surface area (Å²) in [6, 6.07) is 17.9. The van der Waals surface area contributed by atoms with E-state index in [2.05, 4.69) is 22.3 Å². The third kappa shape index (κ3) is 5.56. The van der Waals surface area contributed by atoms with Crippen LogP contribution < -0.4 is 5.32 Å². The summed E-state index contributed by atoms with van der Waals surface area (Å²) in [5.74, 6) is 0.0962. The van der Waals surface area contributed by atoms with Crippen LogP contribution >= 0.6 is 11.6 Å². The van der Waals surface area contributed by atoms with E-state index in [1.165, 1.54) is 0 Å². The first-order chi connectivity index (χ1) is 12.7. The van der Waals surface area contributed by atoms with Crippen LogP contribution in [0.5, 0.6) is 0 Å². The van der Waals surface area contributed by atoms with E-state index in [1.54, 1.807) is 0 Å². The fourth-order valence-electron chi connectivity index (χ4n) is 3.24. The van der Waals surface area contributed by atoms with E-state index in [4.69, 9.17) is 16.3 Å². The SMILES string of the molecule is O=C(C[C@@H](c1ccccc1)c1ccc(Cl)cc1)NCCN1CCOCC1. The number of morpholine rings is 1. The molecule has 0 spiro atoms. The molecule has 0 unspecified atom stereocenters. The number of carbonyl (C=O) groups excluding carboxylic acids is 1. The molecule has 0 radical (unpaired) electrons. The van der Waals surface area contributed by atoms with E-state index < -0.39 is 0 Å². The van der Waals surface area contributed by atoms with Crippen LogP contribution in [0.3, 0.4) is 0 Å². The largest absolute Gasteiger partial charge is 0.379 e. The Kier molecular flexibility index (Phi) is 7.06. The second-order valence-electron chi connectivity index (χ2n) is 6.52. The number of nitrogens with zero attached hydrogens (tertiary/aromatic N) is 1. The smallest absolute Gasteiger partial charge is 0.220 e. The molecule has 0 aromatic heterocycles. The van der Waals surface area contributed by atoms with Crippen LogP contribution in [-0.2, 0) is 9.53 Å². The maximum atomic E-state index is 12.5. The van der Waals surface area contributed by atoms with E-state index in [0.717, 1.165) is 44.0 Å². The molecular formula is C21H25ClN2O2. The van der Waals surface area contributed by atoms with Crippen molar-refractivity contribution in [2.24, 2.45) is 0 Å². The topological polar surface area (TPSA) is 41.6 Å². The van der Waals surface area contributed by atoms with Crippen molar-refractivity contribution >= 4 is 17.5 Å². The van der Waals surface area contributed by atoms with Crippen molar-refractivity contribution in [2.45, 2.75) is 12.3 Å². The van der Waals surface area contributed by atoms with Gasteiger partial charge in [0, 0.05) is 43.5 Å². The van der Waals surface area contributed by atoms with Gasteiger partial charge in [-0.25, -0.2) is 0 Å². The van der Waals surface area contributed by atoms with Crippen molar-refractivity contribution < 1.29 is 9.53 Å². The molecule has 1 fully saturated rings. The Bertz CT molecular complexity index is 685. The third-order valence-corrected chi connectivity index (χ3v) is 4.97. The summed E-state index contributed by atoms with van der Waals surface area (Å²) >= 11 is 6.02. The van der Waals surface area contributed by atoms with E-state index in [9.17, 15) is 4.79 Å². The molecule has 1 amide bonds. The Hall–Kier alpha value is -1.88. The van der Waals surface area contributed by atoms with Crippen LogP contribution in [0.25, 0.3) is 0 Å². The van der Waals surface area contributed by atoms with Crippen LogP contribution in [0, 0.1) is 0 Å². The first-order valence-electron chi connectivity index (χ1n) is 9.09. The Morgan fingerprint density at radius 2 is 1.69 bits per heavy atom. The number of carbonyl (C=O) groups is 1. The standard InChI is InChI=1S/C21H25ClN2O2/c22-19-8-6-18(7-9-19)20(17-4-2-1-3-5-17)16-21(25)23-10-11-24-12-14-26-15-13-24/h1-9,20H,10-16H2,(H,23,25)/t20-/m0/s1. The number of halogens is 1. The van der Waals surface area contributed by atoms with Gasteiger partial charge in [0.15, 0.2) is 0 Å². The summed E-state index contributed by atoms with van der Waals surface area (Å²) in [5, 5.41) is 3.77. The molecule has 5 heteroatoms. The van der Waals surface area contributed by atoms with Gasteiger partial charge in [0.1, 0.15) is 0 Å². The average Bonchev–Trinajstić information content (AvgIpc) is 2.68. The van der Waals surface area contributed by atoms with Gasteiger partial charge < -0.3 is 10.1 Å². The van der Waals surface area contributed by atoms with Crippen LogP contribution in [0.1, 0.15) is 23.5 Å². The van der Waals surface area contributed by atoms with Crippen molar-refractivity contribution in [1.82, 2.24) is 10.2 Å². The van der Waals surface area contributed by atoms with Crippen molar-refractivity contribution in [1.29, 1.82) is 0 Å². The van der Waals surface area contributed by atoms with Gasteiger partial charge in [0.05, 0.1) is 13.2 Å². The molecule has 3 rings (SSSR count). The van der Waals surface area contributed by atoms with Crippen molar-refractivity contribution in [3.63, 3.8) is 0 Å². The molecule has 4 nitrogen and oxygen atoms in total. The minimum Gasteiger partial charge on any atom is -0.379 e. The fraction of sp³-hybridized carbons (Fsp3) is 0.381. The number of hydrogen-bond acceptors (Lipinski definition) is 3. The number of nitrogens with one attached hydrogen (secondary N) is 1. The van der Waals surface area contributed by atoms with E-state index in [1.807, 2.05) is 42.5 Å². The maximum absolute atomic E-state index is 12.5. The first-order valence-corrected chi connectivity index (χ1v) is 9.47. The van der Waals surface area contributed by atoms with E-state index >= 15 is 0 Å². The predicted molar refractivity (Wildman–Crippen MR) is 105 cm³/mol. The van der Waals surface area contributed by atoms with Crippen molar-refractivity contribution in [3.8, 4) is 0 Å². The molecule has 2 aromatic carbocycles. The lowest BCUT2D eigenvalue weighted by atomic mass is 9.88. The maximum Gasteiger partial charge on any atom is 0.220 e. The zero-order chi connectivity index (χ0) is 18.2. The molecule has 26 heavy (non-hydrogen) atoms. The zero-order valence-electron chi connectivity index (χ0n) is 14.9. The number of benzene rings is 2. The van der Waals surface area contributed by atoms with Gasteiger partial charge in [-0.05, 0) is 23.3 Å². The zero-order valence-corrected chi connectivity index (χ0v) is 15.6. The van der Waals surface area contributed by atoms with Crippen LogP contribution in [0.15, 0.2) is 54.6 Å². The molecule has 0 aliphatic carbocycles. The highest BCUT2D eigenvalue weighted by atomic mass is 35.5. The summed E-state index contributed by atoms with van der Waals surface area (Å²) in [6.07, 6.45) is 0.425. The van der Waals surface area contributed by atoms with Crippen LogP contribution in [0.2, 0.25) is 5.02 Å². The second-order valence-corrected chi connectivity index (χ2v) is 6.96. The number of rotatable bonds is 7. The van der Waals surface area contributed by atoms with Crippen molar-refractivity contribution in [2.75, 3.05) is 39.4 Å². The van der Waals surface area contributed by atoms with Crippen LogP contribution in [0.4, 0.5) is 0 Å². The number of hydrogen-bond donors (Lipinski definition) is 1. The predicted octanol–water partition coefficient (Wildman–Crippen LogP) is 3.31. The molecule has 1 heterocycles. The number of ether oxygens (including phenoxy) is 1. The Morgan fingerprint density at radius 3 is 2.38 bits per heavy atom. The molecule has 1 aliphatic rings. The van der Waals surface area contributed by atoms with Gasteiger partial charge in [0.25, 0.3) is 0 Å². The summed E-state index contributed by atoms with van der Waals surface area (Å²) in [4.78, 5) is 14.8. The number of amides is 1. The van der Waals surface area contributed by atoms with Gasteiger partial charge in [-0.3, -0.25) is 9.69 Å². The minimum atomic E-state index is 0.0249. The summed E-state index contributed by atoms with van der Waals surface area (Å²) in [6.45, 7) is 4.97. The molecule has 2 aromatic rings. The molecule has 1 saturated heterocycles. The Labute approximate surface area is 160 Å². The van der Waals surface area contributed by atoms with Crippen molar-refractivity contribution in [3.05, 3.63) is 70.7 Å². The molecule has 0 bridgehead atoms. The van der Waals surface area contributed by atoms with E-state index in [-0.39, 0.29) is 11.8 Å². The second kappa shape index (κ2) is 9.72. The highest BCUT2D eigenvalue weighted by Crippen LogP contribution is 2.28. The lowest BCUT2D eigenvalue weighted by molar-refractivity contribution is -0.121. The molecule has 138 valence electrons. The third-order valence-electron chi connectivity index (χ3n) is 4.72. The van der Waals surface area contributed by atoms with Gasteiger partial charge in [-0.1, -0.05) is 54.1 Å². The molecule has 0 saturated carbocycles. The normalized spacial score (nSPS) is 16.2. The van der Waals surface area contributed by atoms with Crippen LogP contribution in [-0.4, -0.2) is 50.2 Å². The highest BCUT2D eigenvalue weighted by molar-refractivity contribution is 6.30. The van der Waals surface area contributed by atoms with Gasteiger partial charge in [-0.2, -0.15) is 0 Å². The van der Waals surface area contributed by atoms with Gasteiger partial charge >= 0.3 is 0 Å². The highest BCUT2D eigenvalue weighted by Gasteiger charge is 2.18. The quantitative estimate of drug-likeness (QED) is 0.810. The van der Waals surface area contributed by atoms with E-state index in [0.29, 0.717) is 18.0 Å². The molecular weight excluding hydrogens is 348 g/mol. The fourth-order valence-corrected chi connectivity index (χ4v) is 3.37. The average molecular weight is 373 g/mol. The lowest BCUT2D eigenvalue weighted by Gasteiger charge is -2.26. The summed E-state index contributed by atoms with van der Waals surface area (Å²) in [5.41, 5.74) is 2.24. The summed E-state index contributed by atoms with van der Waals surface area (Å²) < 4.78 is 5.35. The Balaban J connectivity index is 1.60. The first kappa shape index (κ1) is 18.9. The lowest BCUT2D eigenvalue weighted by Crippen LogP contribution is -2.41. The van der Waals surface area contributed by atoms with Gasteiger partial charge in [0.2, 0.25) is 5.91 Å². The molecule has 1 N–H and O–H groups in total. The molecule has 1 aliphatic heterocycles. The van der Waals surface area contributed by atoms with Gasteiger partial charge in [-0.15, -0.1) is 0 Å². The molecule has 1 atom stereocenters. The minimum absolute atomic E-state index is 0.0249. The monoisotopic (exact) mass is 372 g/mol.